The van der Waals surface area contributed by atoms with Gasteiger partial charge in [0.2, 0.25) is 11.8 Å². The molecule has 92 valence electrons. The van der Waals surface area contributed by atoms with Crippen molar-refractivity contribution >= 4 is 11.8 Å². The molecule has 5 nitrogen and oxygen atoms in total. The molecule has 16 heavy (non-hydrogen) atoms. The van der Waals surface area contributed by atoms with Gasteiger partial charge in [0.05, 0.1) is 6.54 Å². The number of nitrogens with zero attached hydrogens (tertiary/aromatic N) is 1. The minimum atomic E-state index is -0.298. The van der Waals surface area contributed by atoms with Gasteiger partial charge in [0, 0.05) is 19.1 Å². The smallest absolute Gasteiger partial charge is 0.241 e. The molecule has 0 saturated carbocycles. The summed E-state index contributed by atoms with van der Waals surface area (Å²) in [5.41, 5.74) is -0.153. The van der Waals surface area contributed by atoms with Gasteiger partial charge in [-0.15, -0.1) is 0 Å². The summed E-state index contributed by atoms with van der Waals surface area (Å²) in [5.74, 6) is -0.0201. The molecule has 1 saturated heterocycles. The molecule has 2 amide bonds. The van der Waals surface area contributed by atoms with E-state index in [0.29, 0.717) is 6.54 Å². The molecule has 5 heteroatoms. The Morgan fingerprint density at radius 1 is 1.56 bits per heavy atom. The summed E-state index contributed by atoms with van der Waals surface area (Å²) in [7, 11) is 1.81. The van der Waals surface area contributed by atoms with Crippen LogP contribution in [-0.2, 0) is 9.59 Å². The quantitative estimate of drug-likeness (QED) is 0.697. The average molecular weight is 227 g/mol. The predicted molar refractivity (Wildman–Crippen MR) is 61.9 cm³/mol. The van der Waals surface area contributed by atoms with Crippen LogP contribution >= 0.6 is 0 Å². The van der Waals surface area contributed by atoms with Gasteiger partial charge >= 0.3 is 0 Å². The normalized spacial score (nSPS) is 21.5. The Balaban J connectivity index is 2.61. The monoisotopic (exact) mass is 227 g/mol. The van der Waals surface area contributed by atoms with E-state index < -0.39 is 0 Å². The summed E-state index contributed by atoms with van der Waals surface area (Å²) in [6, 6.07) is -0.298. The van der Waals surface area contributed by atoms with E-state index in [0.717, 1.165) is 6.42 Å². The Kier molecular flexibility index (Phi) is 3.91. The van der Waals surface area contributed by atoms with E-state index in [1.807, 2.05) is 20.9 Å². The van der Waals surface area contributed by atoms with Crippen LogP contribution in [0.2, 0.25) is 0 Å². The first-order valence-electron chi connectivity index (χ1n) is 5.66. The van der Waals surface area contributed by atoms with Crippen molar-refractivity contribution < 1.29 is 9.59 Å². The summed E-state index contributed by atoms with van der Waals surface area (Å²) in [5, 5.41) is 5.63. The zero-order chi connectivity index (χ0) is 12.3. The Hall–Kier alpha value is -1.10. The molecular formula is C11H21N3O2. The average Bonchev–Trinajstić information content (AvgIpc) is 2.28. The van der Waals surface area contributed by atoms with E-state index in [2.05, 4.69) is 17.6 Å². The SMILES string of the molecule is CCC(C)(C)N(C)C(=O)C1CNC(=O)CN1. The maximum Gasteiger partial charge on any atom is 0.241 e. The number of nitrogens with one attached hydrogen (secondary N) is 2. The summed E-state index contributed by atoms with van der Waals surface area (Å²) >= 11 is 0. The van der Waals surface area contributed by atoms with Gasteiger partial charge in [-0.05, 0) is 20.3 Å². The van der Waals surface area contributed by atoms with Gasteiger partial charge in [0.1, 0.15) is 6.04 Å². The molecule has 1 atom stereocenters. The van der Waals surface area contributed by atoms with Crippen molar-refractivity contribution in [2.75, 3.05) is 20.1 Å². The zero-order valence-corrected chi connectivity index (χ0v) is 10.5. The molecule has 0 bridgehead atoms. The molecule has 1 aliphatic rings. The highest BCUT2D eigenvalue weighted by Crippen LogP contribution is 2.17. The topological polar surface area (TPSA) is 61.4 Å². The highest BCUT2D eigenvalue weighted by molar-refractivity contribution is 5.87. The highest BCUT2D eigenvalue weighted by atomic mass is 16.2. The molecular weight excluding hydrogens is 206 g/mol. The molecule has 1 heterocycles. The number of carbonyl (C=O) groups is 2. The van der Waals surface area contributed by atoms with Crippen LogP contribution in [0.15, 0.2) is 0 Å². The summed E-state index contributed by atoms with van der Waals surface area (Å²) in [6.07, 6.45) is 0.897. The van der Waals surface area contributed by atoms with Gasteiger partial charge in [0.25, 0.3) is 0 Å². The molecule has 1 fully saturated rings. The van der Waals surface area contributed by atoms with Gasteiger partial charge in [-0.2, -0.15) is 0 Å². The number of rotatable bonds is 3. The van der Waals surface area contributed by atoms with Gasteiger partial charge in [-0.3, -0.25) is 14.9 Å². The first-order valence-corrected chi connectivity index (χ1v) is 5.66. The van der Waals surface area contributed by atoms with Gasteiger partial charge in [-0.1, -0.05) is 6.92 Å². The Bertz CT molecular complexity index is 279. The number of piperazine rings is 1. The van der Waals surface area contributed by atoms with Gasteiger partial charge in [-0.25, -0.2) is 0 Å². The Labute approximate surface area is 96.6 Å². The number of hydrogen-bond donors (Lipinski definition) is 2. The molecule has 1 unspecified atom stereocenters. The fourth-order valence-corrected chi connectivity index (χ4v) is 1.51. The number of amides is 2. The van der Waals surface area contributed by atoms with E-state index in [4.69, 9.17) is 0 Å². The lowest BCUT2D eigenvalue weighted by atomic mass is 9.98. The van der Waals surface area contributed by atoms with Crippen LogP contribution in [0.25, 0.3) is 0 Å². The molecule has 2 N–H and O–H groups in total. The Morgan fingerprint density at radius 3 is 2.62 bits per heavy atom. The van der Waals surface area contributed by atoms with Crippen LogP contribution in [0, 0.1) is 0 Å². The molecule has 0 spiro atoms. The lowest BCUT2D eigenvalue weighted by molar-refractivity contribution is -0.138. The van der Waals surface area contributed by atoms with Crippen molar-refractivity contribution in [1.82, 2.24) is 15.5 Å². The fourth-order valence-electron chi connectivity index (χ4n) is 1.51. The van der Waals surface area contributed by atoms with Crippen molar-refractivity contribution in [3.63, 3.8) is 0 Å². The number of likely N-dealkylation sites (N-methyl/N-ethyl adjacent to an activating group) is 1. The third-order valence-corrected chi connectivity index (χ3v) is 3.41. The van der Waals surface area contributed by atoms with Crippen molar-refractivity contribution in [3.8, 4) is 0 Å². The van der Waals surface area contributed by atoms with Crippen LogP contribution in [-0.4, -0.2) is 48.4 Å². The minimum Gasteiger partial charge on any atom is -0.353 e. The third kappa shape index (κ3) is 2.72. The van der Waals surface area contributed by atoms with Crippen LogP contribution in [0.4, 0.5) is 0 Å². The lowest BCUT2D eigenvalue weighted by Crippen LogP contribution is -2.60. The molecule has 1 rings (SSSR count). The largest absolute Gasteiger partial charge is 0.353 e. The van der Waals surface area contributed by atoms with Crippen molar-refractivity contribution in [1.29, 1.82) is 0 Å². The zero-order valence-electron chi connectivity index (χ0n) is 10.5. The van der Waals surface area contributed by atoms with E-state index in [1.54, 1.807) is 4.90 Å². The standard InChI is InChI=1S/C11H21N3O2/c1-5-11(2,3)14(4)10(16)8-6-13-9(15)7-12-8/h8,12H,5-7H2,1-4H3,(H,13,15). The number of carbonyl (C=O) groups excluding carboxylic acids is 2. The summed E-state index contributed by atoms with van der Waals surface area (Å²) in [4.78, 5) is 24.8. The van der Waals surface area contributed by atoms with E-state index in [-0.39, 0.29) is 29.9 Å². The lowest BCUT2D eigenvalue weighted by Gasteiger charge is -2.38. The van der Waals surface area contributed by atoms with Crippen molar-refractivity contribution in [3.05, 3.63) is 0 Å². The second-order valence-corrected chi connectivity index (χ2v) is 4.80. The van der Waals surface area contributed by atoms with Crippen LogP contribution in [0.5, 0.6) is 0 Å². The van der Waals surface area contributed by atoms with Crippen molar-refractivity contribution in [2.45, 2.75) is 38.8 Å². The van der Waals surface area contributed by atoms with Gasteiger partial charge in [0.15, 0.2) is 0 Å². The highest BCUT2D eigenvalue weighted by Gasteiger charge is 2.32. The van der Waals surface area contributed by atoms with Crippen LogP contribution in [0.3, 0.4) is 0 Å². The second kappa shape index (κ2) is 4.82. The molecule has 1 aliphatic heterocycles. The molecule has 0 aromatic heterocycles. The summed E-state index contributed by atoms with van der Waals surface area (Å²) < 4.78 is 0. The van der Waals surface area contributed by atoms with E-state index >= 15 is 0 Å². The van der Waals surface area contributed by atoms with Crippen molar-refractivity contribution in [2.24, 2.45) is 0 Å². The molecule has 0 aromatic rings. The van der Waals surface area contributed by atoms with E-state index in [1.165, 1.54) is 0 Å². The maximum absolute atomic E-state index is 12.1. The first-order chi connectivity index (χ1) is 7.38. The predicted octanol–water partition coefficient (Wildman–Crippen LogP) is -0.279. The van der Waals surface area contributed by atoms with E-state index in [9.17, 15) is 9.59 Å². The van der Waals surface area contributed by atoms with Crippen LogP contribution < -0.4 is 10.6 Å². The maximum atomic E-state index is 12.1. The molecule has 0 aromatic carbocycles. The Morgan fingerprint density at radius 2 is 2.19 bits per heavy atom. The molecule has 0 radical (unpaired) electrons. The first kappa shape index (κ1) is 13.0. The molecule has 0 aliphatic carbocycles. The minimum absolute atomic E-state index is 0.0341. The van der Waals surface area contributed by atoms with Gasteiger partial charge < -0.3 is 10.2 Å². The number of hydrogen-bond acceptors (Lipinski definition) is 3. The second-order valence-electron chi connectivity index (χ2n) is 4.80. The third-order valence-electron chi connectivity index (χ3n) is 3.41. The van der Waals surface area contributed by atoms with Crippen LogP contribution in [0.1, 0.15) is 27.2 Å². The fraction of sp³-hybridized carbons (Fsp3) is 0.818. The summed E-state index contributed by atoms with van der Waals surface area (Å²) in [6.45, 7) is 6.72.